The van der Waals surface area contributed by atoms with Crippen molar-refractivity contribution in [3.63, 3.8) is 0 Å². The number of aliphatic hydroxyl groups is 1. The molecule has 0 saturated heterocycles. The van der Waals surface area contributed by atoms with E-state index in [1.807, 2.05) is 0 Å². The third-order valence-electron chi connectivity index (χ3n) is 11.3. The van der Waals surface area contributed by atoms with E-state index in [1.54, 1.807) is 0 Å². The predicted molar refractivity (Wildman–Crippen MR) is 261 cm³/mol. The van der Waals surface area contributed by atoms with Crippen molar-refractivity contribution in [2.75, 3.05) is 72.8 Å². The van der Waals surface area contributed by atoms with Crippen LogP contribution in [0.1, 0.15) is 141 Å². The highest BCUT2D eigenvalue weighted by Crippen LogP contribution is 2.14. The molecule has 0 rings (SSSR count). The summed E-state index contributed by atoms with van der Waals surface area (Å²) in [5.74, 6) is -8.49. The standard InChI is InChI=1S/C47H84N8O17/c1-49-37(32-56)47(70)54-36(22-23-41(61)62)46(69)53-35(19-15-17-26-55(30-42(63)64)31-43(65)66)45(68)52-34(44(48)67)18-14-16-24-50-39(58)33-72-29-28-71-27-25-51-38(57)20-12-10-8-6-4-2-3-5-7-9-11-13-21-40(59)60/h34-37,49,56H,2-33H2,1H3,(H2,48,67)(H,50,58)(H,51,57)(H,52,68)(H,53,69)(H,54,70)(H,59,60)(H,61,62)(H,63,64)(H,65,66)/t34-,35-,36-,37-/m0/s1. The zero-order valence-electron chi connectivity index (χ0n) is 42.1. The Balaban J connectivity index is 4.73. The fraction of sp³-hybridized carbons (Fsp3) is 0.787. The Morgan fingerprint density at radius 3 is 1.44 bits per heavy atom. The van der Waals surface area contributed by atoms with E-state index in [0.29, 0.717) is 25.8 Å². The summed E-state index contributed by atoms with van der Waals surface area (Å²) in [5.41, 5.74) is 5.59. The first-order valence-electron chi connectivity index (χ1n) is 25.2. The first-order valence-corrected chi connectivity index (χ1v) is 25.2. The van der Waals surface area contributed by atoms with Crippen LogP contribution in [0.4, 0.5) is 0 Å². The van der Waals surface area contributed by atoms with Crippen LogP contribution < -0.4 is 37.6 Å². The van der Waals surface area contributed by atoms with Gasteiger partial charge in [-0.2, -0.15) is 0 Å². The predicted octanol–water partition coefficient (Wildman–Crippen LogP) is -0.00540. The van der Waals surface area contributed by atoms with Crippen LogP contribution in [0.2, 0.25) is 0 Å². The van der Waals surface area contributed by atoms with Crippen molar-refractivity contribution in [3.8, 4) is 0 Å². The van der Waals surface area contributed by atoms with Gasteiger partial charge < -0.3 is 72.6 Å². The number of carboxylic acids is 4. The zero-order chi connectivity index (χ0) is 53.9. The third-order valence-corrected chi connectivity index (χ3v) is 11.3. The highest BCUT2D eigenvalue weighted by molar-refractivity contribution is 5.94. The number of hydrogen-bond acceptors (Lipinski definition) is 15. The van der Waals surface area contributed by atoms with Crippen LogP contribution in [0.25, 0.3) is 0 Å². The quantitative estimate of drug-likeness (QED) is 0.0357. The molecule has 13 N–H and O–H groups in total. The number of amides is 6. The second kappa shape index (κ2) is 43.1. The molecule has 0 heterocycles. The number of nitrogens with zero attached hydrogens (tertiary/aromatic N) is 1. The van der Waals surface area contributed by atoms with Crippen molar-refractivity contribution in [1.29, 1.82) is 0 Å². The second-order valence-electron chi connectivity index (χ2n) is 17.5. The Hall–Kier alpha value is -5.50. The van der Waals surface area contributed by atoms with Crippen LogP contribution in [0.5, 0.6) is 0 Å². The van der Waals surface area contributed by atoms with E-state index in [1.165, 1.54) is 32.7 Å². The van der Waals surface area contributed by atoms with E-state index in [0.717, 1.165) is 56.3 Å². The molecule has 0 unspecified atom stereocenters. The van der Waals surface area contributed by atoms with Crippen LogP contribution in [-0.4, -0.2) is 187 Å². The van der Waals surface area contributed by atoms with Gasteiger partial charge in [-0.15, -0.1) is 0 Å². The SMILES string of the molecule is CN[C@@H](CO)C(=O)N[C@@H](CCC(=O)O)C(=O)N[C@@H](CCCCN(CC(=O)O)CC(=O)O)C(=O)N[C@@H](CCCCNC(=O)COCCOCCNC(=O)CCCCCCCCCCCCCCC(=O)O)C(N)=O. The molecule has 0 aliphatic heterocycles. The molecule has 0 bridgehead atoms. The number of primary amides is 1. The number of ether oxygens (including phenoxy) is 2. The van der Waals surface area contributed by atoms with Gasteiger partial charge in [-0.3, -0.25) is 52.8 Å². The Morgan fingerprint density at radius 2 is 0.931 bits per heavy atom. The molecule has 0 aromatic carbocycles. The molecule has 0 fully saturated rings. The number of aliphatic hydroxyl groups excluding tert-OH is 1. The Bertz CT molecular complexity index is 1600. The van der Waals surface area contributed by atoms with Crippen LogP contribution >= 0.6 is 0 Å². The molecular weight excluding hydrogens is 949 g/mol. The third kappa shape index (κ3) is 38.2. The molecule has 0 aromatic rings. The summed E-state index contributed by atoms with van der Waals surface area (Å²) in [5, 5.41) is 61.1. The van der Waals surface area contributed by atoms with Crippen LogP contribution in [-0.2, 0) is 57.4 Å². The average molecular weight is 1030 g/mol. The minimum Gasteiger partial charge on any atom is -0.481 e. The normalized spacial score (nSPS) is 12.8. The lowest BCUT2D eigenvalue weighted by Crippen LogP contribution is -2.58. The highest BCUT2D eigenvalue weighted by Gasteiger charge is 2.30. The van der Waals surface area contributed by atoms with Crippen molar-refractivity contribution >= 4 is 59.3 Å². The average Bonchev–Trinajstić information content (AvgIpc) is 3.31. The van der Waals surface area contributed by atoms with E-state index in [4.69, 9.17) is 30.5 Å². The molecule has 0 aliphatic carbocycles. The number of likely N-dealkylation sites (N-methyl/N-ethyl adjacent to an activating group) is 1. The van der Waals surface area contributed by atoms with Crippen molar-refractivity contribution in [1.82, 2.24) is 36.8 Å². The number of carboxylic acid groups (broad SMARTS) is 4. The summed E-state index contributed by atoms with van der Waals surface area (Å²) in [6, 6.07) is -5.22. The topological polar surface area (TPSA) is 392 Å². The maximum absolute atomic E-state index is 13.6. The number of rotatable bonds is 49. The van der Waals surface area contributed by atoms with Gasteiger partial charge in [0.1, 0.15) is 30.8 Å². The van der Waals surface area contributed by atoms with E-state index < -0.39 is 110 Å². The van der Waals surface area contributed by atoms with E-state index in [9.17, 15) is 58.2 Å². The maximum atomic E-state index is 13.6. The van der Waals surface area contributed by atoms with Crippen molar-refractivity contribution in [3.05, 3.63) is 0 Å². The minimum atomic E-state index is -1.47. The number of nitrogens with two attached hydrogens (primary N) is 1. The monoisotopic (exact) mass is 1030 g/mol. The number of aliphatic carboxylic acids is 4. The van der Waals surface area contributed by atoms with Crippen LogP contribution in [0.3, 0.4) is 0 Å². The van der Waals surface area contributed by atoms with Gasteiger partial charge in [0.25, 0.3) is 0 Å². The summed E-state index contributed by atoms with van der Waals surface area (Å²) in [6.45, 7) is -0.819. The van der Waals surface area contributed by atoms with E-state index in [2.05, 4.69) is 31.9 Å². The van der Waals surface area contributed by atoms with Crippen molar-refractivity contribution in [2.45, 2.75) is 165 Å². The molecule has 4 atom stereocenters. The maximum Gasteiger partial charge on any atom is 0.317 e. The van der Waals surface area contributed by atoms with Crippen molar-refractivity contribution < 1.29 is 83.0 Å². The summed E-state index contributed by atoms with van der Waals surface area (Å²) in [7, 11) is 1.38. The molecular formula is C47H84N8O17. The Labute approximate surface area is 422 Å². The first-order chi connectivity index (χ1) is 34.4. The fourth-order valence-electron chi connectivity index (χ4n) is 7.31. The van der Waals surface area contributed by atoms with Crippen molar-refractivity contribution in [2.24, 2.45) is 5.73 Å². The molecule has 0 radical (unpaired) electrons. The summed E-state index contributed by atoms with van der Waals surface area (Å²) < 4.78 is 10.8. The second-order valence-corrected chi connectivity index (χ2v) is 17.5. The minimum absolute atomic E-state index is 0.000959. The van der Waals surface area contributed by atoms with Gasteiger partial charge in [0.15, 0.2) is 0 Å². The lowest BCUT2D eigenvalue weighted by molar-refractivity contribution is -0.142. The molecule has 0 saturated carbocycles. The molecule has 0 spiro atoms. The Morgan fingerprint density at radius 1 is 0.472 bits per heavy atom. The summed E-state index contributed by atoms with van der Waals surface area (Å²) in [4.78, 5) is 122. The molecule has 0 aromatic heterocycles. The van der Waals surface area contributed by atoms with Crippen LogP contribution in [0.15, 0.2) is 0 Å². The zero-order valence-corrected chi connectivity index (χ0v) is 42.1. The number of nitrogens with one attached hydrogen (secondary N) is 6. The first kappa shape index (κ1) is 66.5. The van der Waals surface area contributed by atoms with Gasteiger partial charge in [0.05, 0.1) is 39.5 Å². The largest absolute Gasteiger partial charge is 0.481 e. The lowest BCUT2D eigenvalue weighted by Gasteiger charge is -2.26. The number of carbonyl (C=O) groups is 10. The van der Waals surface area contributed by atoms with Crippen LogP contribution in [0, 0.1) is 0 Å². The van der Waals surface area contributed by atoms with Gasteiger partial charge in [-0.1, -0.05) is 64.2 Å². The molecule has 25 heteroatoms. The van der Waals surface area contributed by atoms with Gasteiger partial charge in [0, 0.05) is 32.4 Å². The highest BCUT2D eigenvalue weighted by atomic mass is 16.5. The van der Waals surface area contributed by atoms with Gasteiger partial charge >= 0.3 is 23.9 Å². The number of carbonyl (C=O) groups excluding carboxylic acids is 6. The summed E-state index contributed by atoms with van der Waals surface area (Å²) >= 11 is 0. The smallest absolute Gasteiger partial charge is 0.317 e. The van der Waals surface area contributed by atoms with Gasteiger partial charge in [0.2, 0.25) is 35.4 Å². The van der Waals surface area contributed by atoms with E-state index >= 15 is 0 Å². The summed E-state index contributed by atoms with van der Waals surface area (Å²) in [6.07, 6.45) is 13.5. The Kier molecular flexibility index (Phi) is 39.8. The van der Waals surface area contributed by atoms with E-state index in [-0.39, 0.29) is 77.5 Å². The molecule has 414 valence electrons. The number of unbranched alkanes of at least 4 members (excludes halogenated alkanes) is 13. The fourth-order valence-corrected chi connectivity index (χ4v) is 7.31. The molecule has 6 amide bonds. The molecule has 0 aliphatic rings. The number of hydrogen-bond donors (Lipinski definition) is 12. The lowest BCUT2D eigenvalue weighted by atomic mass is 10.0. The molecule has 72 heavy (non-hydrogen) atoms. The van der Waals surface area contributed by atoms with Gasteiger partial charge in [-0.05, 0) is 71.4 Å². The molecule has 25 nitrogen and oxygen atoms in total. The van der Waals surface area contributed by atoms with Gasteiger partial charge in [-0.25, -0.2) is 0 Å².